The van der Waals surface area contributed by atoms with Gasteiger partial charge in [0, 0.05) is 11.6 Å². The zero-order valence-electron chi connectivity index (χ0n) is 6.07. The van der Waals surface area contributed by atoms with Gasteiger partial charge in [0.2, 0.25) is 5.95 Å². The lowest BCUT2D eigenvalue weighted by atomic mass is 10.4. The van der Waals surface area contributed by atoms with Crippen molar-refractivity contribution in [2.75, 3.05) is 0 Å². The van der Waals surface area contributed by atoms with Gasteiger partial charge in [0.15, 0.2) is 0 Å². The lowest BCUT2D eigenvalue weighted by molar-refractivity contribution is 0.585. The van der Waals surface area contributed by atoms with Crippen LogP contribution in [0, 0.1) is 5.95 Å². The third-order valence-corrected chi connectivity index (χ3v) is 2.16. The van der Waals surface area contributed by atoms with E-state index in [0.717, 1.165) is 5.01 Å². The molecular formula is C8H5FN2S. The average Bonchev–Trinajstić information content (AvgIpc) is 2.56. The molecule has 2 aromatic rings. The summed E-state index contributed by atoms with van der Waals surface area (Å²) in [5.74, 6) is -0.470. The molecule has 60 valence electrons. The Morgan fingerprint density at radius 3 is 2.92 bits per heavy atom. The van der Waals surface area contributed by atoms with E-state index in [1.54, 1.807) is 18.3 Å². The Kier molecular flexibility index (Phi) is 1.83. The van der Waals surface area contributed by atoms with Gasteiger partial charge in [-0.25, -0.2) is 9.97 Å². The molecule has 0 radical (unpaired) electrons. The first kappa shape index (κ1) is 7.36. The fraction of sp³-hybridized carbons (Fsp3) is 0. The van der Waals surface area contributed by atoms with Crippen LogP contribution in [-0.2, 0) is 0 Å². The fourth-order valence-electron chi connectivity index (χ4n) is 0.877. The molecule has 0 aliphatic heterocycles. The number of hydrogen-bond donors (Lipinski definition) is 0. The molecule has 0 unspecified atom stereocenters. The summed E-state index contributed by atoms with van der Waals surface area (Å²) in [4.78, 5) is 7.71. The standard InChI is InChI=1S/C8H5FN2S/c9-7-3-1-2-6(11-7)8-10-4-5-12-8/h1-5H. The Morgan fingerprint density at radius 2 is 2.25 bits per heavy atom. The monoisotopic (exact) mass is 180 g/mol. The van der Waals surface area contributed by atoms with Crippen molar-refractivity contribution in [3.8, 4) is 10.7 Å². The van der Waals surface area contributed by atoms with Crippen molar-refractivity contribution in [3.05, 3.63) is 35.7 Å². The molecular weight excluding hydrogens is 175 g/mol. The minimum atomic E-state index is -0.470. The van der Waals surface area contributed by atoms with Crippen molar-refractivity contribution >= 4 is 11.3 Å². The zero-order valence-corrected chi connectivity index (χ0v) is 6.88. The highest BCUT2D eigenvalue weighted by molar-refractivity contribution is 7.13. The molecule has 0 N–H and O–H groups in total. The molecule has 0 aromatic carbocycles. The predicted octanol–water partition coefficient (Wildman–Crippen LogP) is 2.34. The van der Waals surface area contributed by atoms with E-state index >= 15 is 0 Å². The fourth-order valence-corrected chi connectivity index (χ4v) is 1.48. The van der Waals surface area contributed by atoms with Crippen LogP contribution in [0.5, 0.6) is 0 Å². The van der Waals surface area contributed by atoms with E-state index < -0.39 is 5.95 Å². The molecule has 0 aliphatic carbocycles. The highest BCUT2D eigenvalue weighted by Crippen LogP contribution is 2.18. The van der Waals surface area contributed by atoms with Crippen molar-refractivity contribution in [2.24, 2.45) is 0 Å². The number of nitrogens with zero attached hydrogens (tertiary/aromatic N) is 2. The van der Waals surface area contributed by atoms with Gasteiger partial charge in [0.25, 0.3) is 0 Å². The van der Waals surface area contributed by atoms with Crippen LogP contribution >= 0.6 is 11.3 Å². The summed E-state index contributed by atoms with van der Waals surface area (Å²) in [6.07, 6.45) is 1.67. The second-order valence-corrected chi connectivity index (χ2v) is 3.08. The summed E-state index contributed by atoms with van der Waals surface area (Å²) in [5, 5.41) is 2.58. The molecule has 12 heavy (non-hydrogen) atoms. The lowest BCUT2D eigenvalue weighted by Gasteiger charge is -1.93. The maximum atomic E-state index is 12.6. The van der Waals surface area contributed by atoms with Gasteiger partial charge in [-0.1, -0.05) is 6.07 Å². The van der Waals surface area contributed by atoms with E-state index in [0.29, 0.717) is 5.69 Å². The second kappa shape index (κ2) is 2.98. The van der Waals surface area contributed by atoms with E-state index in [2.05, 4.69) is 9.97 Å². The van der Waals surface area contributed by atoms with Gasteiger partial charge >= 0.3 is 0 Å². The number of pyridine rings is 1. The first-order valence-electron chi connectivity index (χ1n) is 3.39. The molecule has 0 fully saturated rings. The predicted molar refractivity (Wildman–Crippen MR) is 45.3 cm³/mol. The molecule has 4 heteroatoms. The minimum Gasteiger partial charge on any atom is -0.243 e. The van der Waals surface area contributed by atoms with E-state index in [1.807, 2.05) is 5.38 Å². The van der Waals surface area contributed by atoms with Crippen molar-refractivity contribution in [3.63, 3.8) is 0 Å². The normalized spacial score (nSPS) is 10.1. The van der Waals surface area contributed by atoms with Gasteiger partial charge in [-0.2, -0.15) is 4.39 Å². The number of halogens is 1. The Hall–Kier alpha value is -1.29. The molecule has 0 atom stereocenters. The van der Waals surface area contributed by atoms with Gasteiger partial charge in [-0.3, -0.25) is 0 Å². The summed E-state index contributed by atoms with van der Waals surface area (Å²) in [7, 11) is 0. The smallest absolute Gasteiger partial charge is 0.213 e. The van der Waals surface area contributed by atoms with Crippen LogP contribution in [0.1, 0.15) is 0 Å². The third-order valence-electron chi connectivity index (χ3n) is 1.37. The van der Waals surface area contributed by atoms with Crippen molar-refractivity contribution in [2.45, 2.75) is 0 Å². The Balaban J connectivity index is 2.48. The van der Waals surface area contributed by atoms with Crippen molar-refractivity contribution in [1.29, 1.82) is 0 Å². The summed E-state index contributed by atoms with van der Waals surface area (Å²) in [6.45, 7) is 0. The number of hydrogen-bond acceptors (Lipinski definition) is 3. The molecule has 0 saturated carbocycles. The van der Waals surface area contributed by atoms with Crippen LogP contribution in [0.2, 0.25) is 0 Å². The lowest BCUT2D eigenvalue weighted by Crippen LogP contribution is -1.85. The van der Waals surface area contributed by atoms with Crippen molar-refractivity contribution < 1.29 is 4.39 Å². The van der Waals surface area contributed by atoms with E-state index in [1.165, 1.54) is 17.4 Å². The molecule has 2 heterocycles. The first-order valence-corrected chi connectivity index (χ1v) is 4.26. The molecule has 0 amide bonds. The van der Waals surface area contributed by atoms with Gasteiger partial charge in [-0.05, 0) is 12.1 Å². The van der Waals surface area contributed by atoms with Gasteiger partial charge in [-0.15, -0.1) is 11.3 Å². The summed E-state index contributed by atoms with van der Waals surface area (Å²) in [5.41, 5.74) is 0.588. The van der Waals surface area contributed by atoms with Crippen LogP contribution in [0.4, 0.5) is 4.39 Å². The van der Waals surface area contributed by atoms with E-state index in [-0.39, 0.29) is 0 Å². The Bertz CT molecular complexity index is 372. The topological polar surface area (TPSA) is 25.8 Å². The maximum absolute atomic E-state index is 12.6. The number of rotatable bonds is 1. The van der Waals surface area contributed by atoms with Crippen LogP contribution in [0.15, 0.2) is 29.8 Å². The summed E-state index contributed by atoms with van der Waals surface area (Å²) < 4.78 is 12.6. The second-order valence-electron chi connectivity index (χ2n) is 2.18. The third kappa shape index (κ3) is 1.33. The summed E-state index contributed by atoms with van der Waals surface area (Å²) >= 11 is 1.44. The van der Waals surface area contributed by atoms with E-state index in [4.69, 9.17) is 0 Å². The van der Waals surface area contributed by atoms with Gasteiger partial charge < -0.3 is 0 Å². The van der Waals surface area contributed by atoms with Crippen LogP contribution in [0.3, 0.4) is 0 Å². The van der Waals surface area contributed by atoms with Crippen molar-refractivity contribution in [1.82, 2.24) is 9.97 Å². The number of thiazole rings is 1. The molecule has 2 nitrogen and oxygen atoms in total. The Morgan fingerprint density at radius 1 is 1.33 bits per heavy atom. The minimum absolute atomic E-state index is 0.470. The summed E-state index contributed by atoms with van der Waals surface area (Å²) in [6, 6.07) is 4.68. The van der Waals surface area contributed by atoms with Crippen LogP contribution in [-0.4, -0.2) is 9.97 Å². The quantitative estimate of drug-likeness (QED) is 0.629. The van der Waals surface area contributed by atoms with Crippen LogP contribution in [0.25, 0.3) is 10.7 Å². The van der Waals surface area contributed by atoms with E-state index in [9.17, 15) is 4.39 Å². The molecule has 2 aromatic heterocycles. The average molecular weight is 180 g/mol. The molecule has 0 aliphatic rings. The zero-order chi connectivity index (χ0) is 8.39. The van der Waals surface area contributed by atoms with Gasteiger partial charge in [0.05, 0.1) is 0 Å². The Labute approximate surface area is 72.7 Å². The highest BCUT2D eigenvalue weighted by atomic mass is 32.1. The maximum Gasteiger partial charge on any atom is 0.213 e. The highest BCUT2D eigenvalue weighted by Gasteiger charge is 2.01. The molecule has 0 saturated heterocycles. The molecule has 0 bridgehead atoms. The van der Waals surface area contributed by atoms with Crippen LogP contribution < -0.4 is 0 Å². The largest absolute Gasteiger partial charge is 0.243 e. The molecule has 0 spiro atoms. The molecule has 2 rings (SSSR count). The SMILES string of the molecule is Fc1cccc(-c2nccs2)n1. The van der Waals surface area contributed by atoms with Gasteiger partial charge in [0.1, 0.15) is 10.7 Å². The number of aromatic nitrogens is 2. The first-order chi connectivity index (χ1) is 5.86.